The summed E-state index contributed by atoms with van der Waals surface area (Å²) in [5, 5.41) is 1.06. The first kappa shape index (κ1) is 17.6. The number of piperidine rings is 1. The second-order valence-electron chi connectivity index (χ2n) is 7.25. The van der Waals surface area contributed by atoms with E-state index in [4.69, 9.17) is 4.74 Å². The molecule has 5 heteroatoms. The molecule has 0 unspecified atom stereocenters. The first-order valence-electron chi connectivity index (χ1n) is 9.54. The molecule has 1 saturated heterocycles. The van der Waals surface area contributed by atoms with E-state index in [-0.39, 0.29) is 5.91 Å². The van der Waals surface area contributed by atoms with Gasteiger partial charge in [0, 0.05) is 42.1 Å². The maximum atomic E-state index is 12.8. The number of aromatic amines is 1. The number of carbonyl (C=O) groups excluding carboxylic acids is 1. The summed E-state index contributed by atoms with van der Waals surface area (Å²) in [5.74, 6) is 1.63. The van der Waals surface area contributed by atoms with Gasteiger partial charge in [-0.3, -0.25) is 9.78 Å². The van der Waals surface area contributed by atoms with Gasteiger partial charge < -0.3 is 14.6 Å². The molecule has 1 aliphatic heterocycles. The SMILES string of the molecule is COc1ccc2[nH]cc(CC(=O)N3CCC(Cc4ccccn4)CC3)c2c1. The van der Waals surface area contributed by atoms with Gasteiger partial charge in [0.25, 0.3) is 0 Å². The van der Waals surface area contributed by atoms with E-state index in [0.29, 0.717) is 12.3 Å². The Labute approximate surface area is 159 Å². The van der Waals surface area contributed by atoms with Gasteiger partial charge in [-0.25, -0.2) is 0 Å². The second kappa shape index (κ2) is 7.82. The lowest BCUT2D eigenvalue weighted by atomic mass is 9.91. The van der Waals surface area contributed by atoms with Crippen LogP contribution in [0, 0.1) is 5.92 Å². The highest BCUT2D eigenvalue weighted by molar-refractivity contribution is 5.89. The number of H-pyrrole nitrogens is 1. The van der Waals surface area contributed by atoms with E-state index < -0.39 is 0 Å². The average Bonchev–Trinajstić information content (AvgIpc) is 3.11. The number of pyridine rings is 1. The predicted molar refractivity (Wildman–Crippen MR) is 106 cm³/mol. The number of hydrogen-bond donors (Lipinski definition) is 1. The van der Waals surface area contributed by atoms with E-state index in [1.807, 2.05) is 47.6 Å². The molecule has 5 nitrogen and oxygen atoms in total. The predicted octanol–water partition coefficient (Wildman–Crippen LogP) is 3.60. The number of carbonyl (C=O) groups is 1. The third-order valence-corrected chi connectivity index (χ3v) is 5.51. The molecule has 1 aliphatic rings. The highest BCUT2D eigenvalue weighted by Gasteiger charge is 2.24. The fourth-order valence-electron chi connectivity index (χ4n) is 3.91. The van der Waals surface area contributed by atoms with Crippen LogP contribution in [0.3, 0.4) is 0 Å². The van der Waals surface area contributed by atoms with Crippen LogP contribution >= 0.6 is 0 Å². The van der Waals surface area contributed by atoms with E-state index in [2.05, 4.69) is 16.0 Å². The molecule has 1 fully saturated rings. The van der Waals surface area contributed by atoms with Crippen LogP contribution in [0.2, 0.25) is 0 Å². The summed E-state index contributed by atoms with van der Waals surface area (Å²) in [7, 11) is 1.66. The fraction of sp³-hybridized carbons (Fsp3) is 0.364. The van der Waals surface area contributed by atoms with Crippen molar-refractivity contribution in [3.63, 3.8) is 0 Å². The molecule has 3 aromatic rings. The Hall–Kier alpha value is -2.82. The van der Waals surface area contributed by atoms with Crippen molar-refractivity contribution in [3.8, 4) is 5.75 Å². The molecular weight excluding hydrogens is 338 g/mol. The van der Waals surface area contributed by atoms with Crippen LogP contribution < -0.4 is 4.74 Å². The average molecular weight is 363 g/mol. The summed E-state index contributed by atoms with van der Waals surface area (Å²) in [4.78, 5) is 22.5. The molecule has 0 aliphatic carbocycles. The molecule has 1 aromatic carbocycles. The third kappa shape index (κ3) is 3.97. The van der Waals surface area contributed by atoms with Crippen LogP contribution in [0.25, 0.3) is 10.9 Å². The van der Waals surface area contributed by atoms with Gasteiger partial charge in [-0.1, -0.05) is 6.07 Å². The van der Waals surface area contributed by atoms with Gasteiger partial charge in [-0.15, -0.1) is 0 Å². The summed E-state index contributed by atoms with van der Waals surface area (Å²) < 4.78 is 5.31. The number of amides is 1. The first-order chi connectivity index (χ1) is 13.2. The van der Waals surface area contributed by atoms with E-state index in [0.717, 1.165) is 60.3 Å². The zero-order chi connectivity index (χ0) is 18.6. The second-order valence-corrected chi connectivity index (χ2v) is 7.25. The van der Waals surface area contributed by atoms with E-state index in [1.165, 1.54) is 0 Å². The summed E-state index contributed by atoms with van der Waals surface area (Å²) in [5.41, 5.74) is 3.21. The number of benzene rings is 1. The molecule has 0 saturated carbocycles. The molecule has 3 heterocycles. The molecule has 27 heavy (non-hydrogen) atoms. The molecule has 1 amide bonds. The Balaban J connectivity index is 1.36. The Kier molecular flexibility index (Phi) is 5.10. The normalized spacial score (nSPS) is 15.2. The van der Waals surface area contributed by atoms with Crippen molar-refractivity contribution in [1.29, 1.82) is 0 Å². The molecule has 4 rings (SSSR count). The van der Waals surface area contributed by atoms with Gasteiger partial charge in [0.2, 0.25) is 5.91 Å². The lowest BCUT2D eigenvalue weighted by molar-refractivity contribution is -0.131. The van der Waals surface area contributed by atoms with Gasteiger partial charge in [0.1, 0.15) is 5.75 Å². The molecular formula is C22H25N3O2. The minimum absolute atomic E-state index is 0.204. The quantitative estimate of drug-likeness (QED) is 0.754. The Morgan fingerprint density at radius 2 is 2.11 bits per heavy atom. The molecule has 0 spiro atoms. The molecule has 2 aromatic heterocycles. The van der Waals surface area contributed by atoms with Crippen LogP contribution in [0.15, 0.2) is 48.8 Å². The van der Waals surface area contributed by atoms with Gasteiger partial charge in [-0.2, -0.15) is 0 Å². The number of likely N-dealkylation sites (tertiary alicyclic amines) is 1. The van der Waals surface area contributed by atoms with Crippen molar-refractivity contribution in [1.82, 2.24) is 14.9 Å². The van der Waals surface area contributed by atoms with Crippen LogP contribution in [0.1, 0.15) is 24.1 Å². The number of nitrogens with one attached hydrogen (secondary N) is 1. The van der Waals surface area contributed by atoms with E-state index >= 15 is 0 Å². The number of ether oxygens (including phenoxy) is 1. The monoisotopic (exact) mass is 363 g/mol. The lowest BCUT2D eigenvalue weighted by Gasteiger charge is -2.32. The van der Waals surface area contributed by atoms with Crippen molar-refractivity contribution in [3.05, 3.63) is 60.0 Å². The van der Waals surface area contributed by atoms with E-state index in [9.17, 15) is 4.79 Å². The third-order valence-electron chi connectivity index (χ3n) is 5.51. The lowest BCUT2D eigenvalue weighted by Crippen LogP contribution is -2.39. The number of methoxy groups -OCH3 is 1. The fourth-order valence-corrected chi connectivity index (χ4v) is 3.91. The largest absolute Gasteiger partial charge is 0.497 e. The van der Waals surface area contributed by atoms with Crippen LogP contribution in [-0.4, -0.2) is 41.0 Å². The molecule has 0 atom stereocenters. The summed E-state index contributed by atoms with van der Waals surface area (Å²) >= 11 is 0. The Morgan fingerprint density at radius 3 is 2.85 bits per heavy atom. The van der Waals surface area contributed by atoms with Crippen molar-refractivity contribution in [2.75, 3.05) is 20.2 Å². The zero-order valence-electron chi connectivity index (χ0n) is 15.6. The van der Waals surface area contributed by atoms with Gasteiger partial charge in [0.15, 0.2) is 0 Å². The van der Waals surface area contributed by atoms with Crippen molar-refractivity contribution in [2.45, 2.75) is 25.7 Å². The summed E-state index contributed by atoms with van der Waals surface area (Å²) in [6.45, 7) is 1.67. The number of fused-ring (bicyclic) bond motifs is 1. The number of hydrogen-bond acceptors (Lipinski definition) is 3. The van der Waals surface area contributed by atoms with Gasteiger partial charge in [-0.05, 0) is 61.1 Å². The highest BCUT2D eigenvalue weighted by Crippen LogP contribution is 2.26. The van der Waals surface area contributed by atoms with Gasteiger partial charge >= 0.3 is 0 Å². The maximum absolute atomic E-state index is 12.8. The summed E-state index contributed by atoms with van der Waals surface area (Å²) in [6.07, 6.45) is 7.32. The molecule has 0 radical (unpaired) electrons. The standard InChI is InChI=1S/C22H25N3O2/c1-27-19-5-6-21-20(14-19)17(15-24-21)13-22(26)25-10-7-16(8-11-25)12-18-4-2-3-9-23-18/h2-6,9,14-16,24H,7-8,10-13H2,1H3. The maximum Gasteiger partial charge on any atom is 0.227 e. The summed E-state index contributed by atoms with van der Waals surface area (Å²) in [6, 6.07) is 12.0. The van der Waals surface area contributed by atoms with Crippen molar-refractivity contribution in [2.24, 2.45) is 5.92 Å². The Bertz CT molecular complexity index is 912. The van der Waals surface area contributed by atoms with Gasteiger partial charge in [0.05, 0.1) is 13.5 Å². The Morgan fingerprint density at radius 1 is 1.26 bits per heavy atom. The van der Waals surface area contributed by atoms with Crippen molar-refractivity contribution >= 4 is 16.8 Å². The van der Waals surface area contributed by atoms with Crippen molar-refractivity contribution < 1.29 is 9.53 Å². The minimum atomic E-state index is 0.204. The number of nitrogens with zero attached hydrogens (tertiary/aromatic N) is 2. The van der Waals surface area contributed by atoms with Crippen LogP contribution in [0.5, 0.6) is 5.75 Å². The first-order valence-corrected chi connectivity index (χ1v) is 9.54. The van der Waals surface area contributed by atoms with E-state index in [1.54, 1.807) is 7.11 Å². The number of rotatable bonds is 5. The van der Waals surface area contributed by atoms with Crippen LogP contribution in [0.4, 0.5) is 0 Å². The smallest absolute Gasteiger partial charge is 0.227 e. The molecule has 0 bridgehead atoms. The highest BCUT2D eigenvalue weighted by atomic mass is 16.5. The number of aromatic nitrogens is 2. The molecule has 140 valence electrons. The topological polar surface area (TPSA) is 58.2 Å². The zero-order valence-corrected chi connectivity index (χ0v) is 15.6. The van der Waals surface area contributed by atoms with Crippen LogP contribution in [-0.2, 0) is 17.6 Å². The minimum Gasteiger partial charge on any atom is -0.497 e. The molecule has 1 N–H and O–H groups in total.